The molecule has 3 N–H and O–H groups in total. The Kier molecular flexibility index (Phi) is 6.38. The first kappa shape index (κ1) is 18.8. The summed E-state index contributed by atoms with van der Waals surface area (Å²) in [6, 6.07) is 8.18. The second kappa shape index (κ2) is 7.82. The quantitative estimate of drug-likeness (QED) is 0.745. The van der Waals surface area contributed by atoms with Crippen LogP contribution in [-0.4, -0.2) is 62.0 Å². The van der Waals surface area contributed by atoms with Gasteiger partial charge in [0, 0.05) is 18.6 Å². The molecule has 0 heterocycles. The van der Waals surface area contributed by atoms with Gasteiger partial charge in [-0.25, -0.2) is 9.59 Å². The standard InChI is InChI=1S/C16H24N2O5/c1-16(2,3)18(15(22)23)13(11-19)10-17(14(20)21)9-12-7-5-4-6-8-12/h4-8,13,19H,9-11H2,1-3H3,(H,20,21)(H,22,23)/t13-/m0/s1. The summed E-state index contributed by atoms with van der Waals surface area (Å²) < 4.78 is 0. The average Bonchev–Trinajstić information content (AvgIpc) is 2.44. The number of hydrogen-bond acceptors (Lipinski definition) is 3. The predicted molar refractivity (Wildman–Crippen MR) is 85.4 cm³/mol. The van der Waals surface area contributed by atoms with Crippen LogP contribution in [0.4, 0.5) is 9.59 Å². The summed E-state index contributed by atoms with van der Waals surface area (Å²) in [4.78, 5) is 25.2. The molecule has 1 aromatic carbocycles. The monoisotopic (exact) mass is 324 g/mol. The minimum absolute atomic E-state index is 0.107. The van der Waals surface area contributed by atoms with Gasteiger partial charge in [0.25, 0.3) is 0 Å². The lowest BCUT2D eigenvalue weighted by molar-refractivity contribution is 0.0296. The van der Waals surface area contributed by atoms with E-state index < -0.39 is 30.4 Å². The van der Waals surface area contributed by atoms with Crippen LogP contribution >= 0.6 is 0 Å². The third-order valence-corrected chi connectivity index (χ3v) is 3.42. The summed E-state index contributed by atoms with van der Waals surface area (Å²) in [5, 5.41) is 28.4. The zero-order valence-corrected chi connectivity index (χ0v) is 13.6. The molecule has 0 saturated heterocycles. The number of carbonyl (C=O) groups is 2. The highest BCUT2D eigenvalue weighted by atomic mass is 16.4. The lowest BCUT2D eigenvalue weighted by Crippen LogP contribution is -2.56. The van der Waals surface area contributed by atoms with Crippen LogP contribution in [0.2, 0.25) is 0 Å². The molecule has 23 heavy (non-hydrogen) atoms. The first-order chi connectivity index (χ1) is 10.7. The molecular weight excluding hydrogens is 300 g/mol. The smallest absolute Gasteiger partial charge is 0.408 e. The highest BCUT2D eigenvalue weighted by molar-refractivity contribution is 5.67. The molecule has 7 heteroatoms. The highest BCUT2D eigenvalue weighted by Crippen LogP contribution is 2.19. The van der Waals surface area contributed by atoms with Gasteiger partial charge in [0.05, 0.1) is 12.6 Å². The van der Waals surface area contributed by atoms with E-state index in [-0.39, 0.29) is 13.1 Å². The van der Waals surface area contributed by atoms with Crippen molar-refractivity contribution >= 4 is 12.2 Å². The number of amides is 2. The number of rotatable bonds is 6. The largest absolute Gasteiger partial charge is 0.465 e. The van der Waals surface area contributed by atoms with E-state index in [1.807, 2.05) is 6.07 Å². The Morgan fingerprint density at radius 2 is 1.65 bits per heavy atom. The van der Waals surface area contributed by atoms with Crippen molar-refractivity contribution in [1.82, 2.24) is 9.80 Å². The lowest BCUT2D eigenvalue weighted by atomic mass is 10.0. The van der Waals surface area contributed by atoms with Crippen molar-refractivity contribution in [2.75, 3.05) is 13.2 Å². The maximum absolute atomic E-state index is 11.5. The molecule has 0 aliphatic heterocycles. The first-order valence-corrected chi connectivity index (χ1v) is 7.31. The molecule has 0 bridgehead atoms. The Hall–Kier alpha value is -2.28. The number of aliphatic hydroxyl groups is 1. The van der Waals surface area contributed by atoms with Crippen LogP contribution in [-0.2, 0) is 6.54 Å². The van der Waals surface area contributed by atoms with Gasteiger partial charge in [-0.1, -0.05) is 30.3 Å². The summed E-state index contributed by atoms with van der Waals surface area (Å²) in [6.07, 6.45) is -2.35. The van der Waals surface area contributed by atoms with E-state index in [1.165, 1.54) is 0 Å². The minimum atomic E-state index is -1.19. The summed E-state index contributed by atoms with van der Waals surface area (Å²) in [5.41, 5.74) is 0.0418. The van der Waals surface area contributed by atoms with Gasteiger partial charge in [-0.05, 0) is 26.3 Å². The maximum Gasteiger partial charge on any atom is 0.408 e. The lowest BCUT2D eigenvalue weighted by Gasteiger charge is -2.40. The molecule has 128 valence electrons. The molecule has 0 radical (unpaired) electrons. The van der Waals surface area contributed by atoms with E-state index >= 15 is 0 Å². The van der Waals surface area contributed by atoms with Gasteiger partial charge in [-0.2, -0.15) is 0 Å². The molecule has 0 aliphatic rings. The van der Waals surface area contributed by atoms with Crippen molar-refractivity contribution in [2.24, 2.45) is 0 Å². The summed E-state index contributed by atoms with van der Waals surface area (Å²) >= 11 is 0. The topological polar surface area (TPSA) is 101 Å². The molecule has 0 spiro atoms. The Balaban J connectivity index is 2.95. The summed E-state index contributed by atoms with van der Waals surface area (Å²) in [6.45, 7) is 4.67. The van der Waals surface area contributed by atoms with Crippen molar-refractivity contribution in [1.29, 1.82) is 0 Å². The molecule has 0 aromatic heterocycles. The van der Waals surface area contributed by atoms with Crippen LogP contribution in [0.3, 0.4) is 0 Å². The van der Waals surface area contributed by atoms with E-state index in [4.69, 9.17) is 0 Å². The van der Waals surface area contributed by atoms with E-state index in [0.717, 1.165) is 15.4 Å². The Bertz CT molecular complexity index is 527. The third-order valence-electron chi connectivity index (χ3n) is 3.42. The first-order valence-electron chi connectivity index (χ1n) is 7.31. The zero-order valence-electron chi connectivity index (χ0n) is 13.6. The predicted octanol–water partition coefficient (Wildman–Crippen LogP) is 2.31. The van der Waals surface area contributed by atoms with Crippen LogP contribution in [0.5, 0.6) is 0 Å². The van der Waals surface area contributed by atoms with Gasteiger partial charge in [0.2, 0.25) is 0 Å². The van der Waals surface area contributed by atoms with E-state index in [1.54, 1.807) is 45.0 Å². The van der Waals surface area contributed by atoms with Crippen LogP contribution in [0, 0.1) is 0 Å². The van der Waals surface area contributed by atoms with Gasteiger partial charge in [0.15, 0.2) is 0 Å². The number of carboxylic acid groups (broad SMARTS) is 2. The van der Waals surface area contributed by atoms with E-state index in [2.05, 4.69) is 0 Å². The molecule has 0 unspecified atom stereocenters. The molecule has 2 amide bonds. The summed E-state index contributed by atoms with van der Waals surface area (Å²) in [5.74, 6) is 0. The van der Waals surface area contributed by atoms with Crippen LogP contribution in [0.25, 0.3) is 0 Å². The molecule has 7 nitrogen and oxygen atoms in total. The fourth-order valence-corrected chi connectivity index (χ4v) is 2.48. The Labute approximate surface area is 135 Å². The van der Waals surface area contributed by atoms with E-state index in [0.29, 0.717) is 0 Å². The maximum atomic E-state index is 11.5. The molecular formula is C16H24N2O5. The second-order valence-corrected chi connectivity index (χ2v) is 6.31. The van der Waals surface area contributed by atoms with Crippen molar-refractivity contribution in [3.8, 4) is 0 Å². The zero-order chi connectivity index (χ0) is 17.6. The van der Waals surface area contributed by atoms with Crippen molar-refractivity contribution < 1.29 is 24.9 Å². The van der Waals surface area contributed by atoms with Gasteiger partial charge >= 0.3 is 12.2 Å². The molecule has 0 aliphatic carbocycles. The number of benzene rings is 1. The fourth-order valence-electron chi connectivity index (χ4n) is 2.48. The summed E-state index contributed by atoms with van der Waals surface area (Å²) in [7, 11) is 0. The van der Waals surface area contributed by atoms with Crippen molar-refractivity contribution in [2.45, 2.75) is 38.9 Å². The van der Waals surface area contributed by atoms with Gasteiger partial charge in [0.1, 0.15) is 0 Å². The molecule has 1 aromatic rings. The highest BCUT2D eigenvalue weighted by Gasteiger charge is 2.34. The average molecular weight is 324 g/mol. The van der Waals surface area contributed by atoms with Crippen molar-refractivity contribution in [3.05, 3.63) is 35.9 Å². The van der Waals surface area contributed by atoms with Crippen LogP contribution in [0.1, 0.15) is 26.3 Å². The minimum Gasteiger partial charge on any atom is -0.465 e. The Morgan fingerprint density at radius 1 is 1.09 bits per heavy atom. The third kappa shape index (κ3) is 5.45. The SMILES string of the molecule is CC(C)(C)N(C(=O)O)[C@H](CO)CN(Cc1ccccc1)C(=O)O. The van der Waals surface area contributed by atoms with Gasteiger partial charge in [-0.15, -0.1) is 0 Å². The van der Waals surface area contributed by atoms with Crippen molar-refractivity contribution in [3.63, 3.8) is 0 Å². The van der Waals surface area contributed by atoms with E-state index in [9.17, 15) is 24.9 Å². The van der Waals surface area contributed by atoms with Crippen LogP contribution < -0.4 is 0 Å². The molecule has 0 fully saturated rings. The van der Waals surface area contributed by atoms with Crippen LogP contribution in [0.15, 0.2) is 30.3 Å². The number of aliphatic hydroxyl groups excluding tert-OH is 1. The molecule has 1 atom stereocenters. The number of hydrogen-bond donors (Lipinski definition) is 3. The molecule has 0 saturated carbocycles. The molecule has 1 rings (SSSR count). The Morgan fingerprint density at radius 3 is 2.04 bits per heavy atom. The van der Waals surface area contributed by atoms with Gasteiger partial charge in [-0.3, -0.25) is 4.90 Å². The number of nitrogens with zero attached hydrogens (tertiary/aromatic N) is 2. The fraction of sp³-hybridized carbons (Fsp3) is 0.500. The second-order valence-electron chi connectivity index (χ2n) is 6.31. The van der Waals surface area contributed by atoms with Gasteiger partial charge < -0.3 is 20.2 Å². The normalized spacial score (nSPS) is 12.5.